The van der Waals surface area contributed by atoms with Gasteiger partial charge in [-0.15, -0.1) is 0 Å². The van der Waals surface area contributed by atoms with Crippen molar-refractivity contribution in [3.8, 4) is 0 Å². The van der Waals surface area contributed by atoms with E-state index in [4.69, 9.17) is 11.6 Å². The Hall–Kier alpha value is -1.48. The minimum absolute atomic E-state index is 0.172. The molecule has 1 aromatic rings. The molecule has 0 aliphatic heterocycles. The summed E-state index contributed by atoms with van der Waals surface area (Å²) in [6.07, 6.45) is 6.51. The van der Waals surface area contributed by atoms with Crippen LogP contribution in [-0.2, 0) is 6.54 Å². The van der Waals surface area contributed by atoms with Crippen LogP contribution in [0.2, 0.25) is 5.02 Å². The van der Waals surface area contributed by atoms with E-state index >= 15 is 0 Å². The number of carbonyl (C=O) groups is 1. The second-order valence-corrected chi connectivity index (χ2v) is 4.90. The second kappa shape index (κ2) is 6.45. The molecule has 0 atom stereocenters. The van der Waals surface area contributed by atoms with Gasteiger partial charge in [0.25, 0.3) is 0 Å². The molecule has 0 bridgehead atoms. The van der Waals surface area contributed by atoms with Crippen molar-refractivity contribution < 1.29 is 4.79 Å². The largest absolute Gasteiger partial charge is 0.334 e. The van der Waals surface area contributed by atoms with Gasteiger partial charge in [-0.2, -0.15) is 0 Å². The van der Waals surface area contributed by atoms with Crippen molar-refractivity contribution in [2.75, 3.05) is 0 Å². The monoisotopic (exact) mass is 264 g/mol. The van der Waals surface area contributed by atoms with Crippen LogP contribution in [-0.4, -0.2) is 6.03 Å². The SMILES string of the molecule is O=C(NC=C1CCCC1)NCc1cccc(Cl)c1. The van der Waals surface area contributed by atoms with Gasteiger partial charge in [-0.25, -0.2) is 4.79 Å². The molecule has 0 radical (unpaired) electrons. The summed E-state index contributed by atoms with van der Waals surface area (Å²) >= 11 is 5.87. The van der Waals surface area contributed by atoms with Crippen molar-refractivity contribution in [1.29, 1.82) is 0 Å². The third-order valence-corrected chi connectivity index (χ3v) is 3.23. The summed E-state index contributed by atoms with van der Waals surface area (Å²) in [6.45, 7) is 0.482. The Morgan fingerprint density at radius 1 is 1.33 bits per heavy atom. The first kappa shape index (κ1) is 13.0. The number of carbonyl (C=O) groups excluding carboxylic acids is 1. The number of hydrogen-bond donors (Lipinski definition) is 2. The van der Waals surface area contributed by atoms with E-state index in [0.717, 1.165) is 18.4 Å². The molecule has 0 saturated heterocycles. The Kier molecular flexibility index (Phi) is 4.65. The molecule has 2 amide bonds. The summed E-state index contributed by atoms with van der Waals surface area (Å²) in [5, 5.41) is 6.24. The van der Waals surface area contributed by atoms with Gasteiger partial charge in [-0.1, -0.05) is 29.3 Å². The van der Waals surface area contributed by atoms with Gasteiger partial charge in [0.2, 0.25) is 0 Å². The van der Waals surface area contributed by atoms with Crippen LogP contribution in [0.1, 0.15) is 31.2 Å². The van der Waals surface area contributed by atoms with E-state index in [0.29, 0.717) is 11.6 Å². The Morgan fingerprint density at radius 2 is 2.11 bits per heavy atom. The summed E-state index contributed by atoms with van der Waals surface area (Å²) in [5.74, 6) is 0. The lowest BCUT2D eigenvalue weighted by Crippen LogP contribution is -2.31. The molecule has 3 nitrogen and oxygen atoms in total. The number of halogens is 1. The van der Waals surface area contributed by atoms with E-state index < -0.39 is 0 Å². The van der Waals surface area contributed by atoms with Crippen LogP contribution in [0.4, 0.5) is 4.79 Å². The molecule has 1 aliphatic rings. The van der Waals surface area contributed by atoms with Crippen molar-refractivity contribution in [3.05, 3.63) is 46.6 Å². The number of amides is 2. The van der Waals surface area contributed by atoms with Crippen molar-refractivity contribution in [2.24, 2.45) is 0 Å². The van der Waals surface area contributed by atoms with Gasteiger partial charge in [0.15, 0.2) is 0 Å². The number of urea groups is 1. The third-order valence-electron chi connectivity index (χ3n) is 3.00. The molecule has 1 aliphatic carbocycles. The maximum Gasteiger partial charge on any atom is 0.319 e. The van der Waals surface area contributed by atoms with Crippen molar-refractivity contribution in [3.63, 3.8) is 0 Å². The lowest BCUT2D eigenvalue weighted by molar-refractivity contribution is 0.243. The predicted molar refractivity (Wildman–Crippen MR) is 73.4 cm³/mol. The molecule has 0 heterocycles. The maximum absolute atomic E-state index is 11.6. The zero-order chi connectivity index (χ0) is 12.8. The Bertz CT molecular complexity index is 449. The van der Waals surface area contributed by atoms with Crippen LogP contribution in [0.3, 0.4) is 0 Å². The summed E-state index contributed by atoms with van der Waals surface area (Å²) in [5.41, 5.74) is 2.32. The smallest absolute Gasteiger partial charge is 0.319 e. The fourth-order valence-electron chi connectivity index (χ4n) is 2.02. The van der Waals surface area contributed by atoms with Gasteiger partial charge in [0, 0.05) is 17.8 Å². The molecule has 0 spiro atoms. The molecule has 4 heteroatoms. The van der Waals surface area contributed by atoms with Gasteiger partial charge < -0.3 is 10.6 Å². The minimum Gasteiger partial charge on any atom is -0.334 e. The summed E-state index contributed by atoms with van der Waals surface area (Å²) < 4.78 is 0. The fourth-order valence-corrected chi connectivity index (χ4v) is 2.23. The highest BCUT2D eigenvalue weighted by molar-refractivity contribution is 6.30. The number of rotatable bonds is 3. The highest BCUT2D eigenvalue weighted by Crippen LogP contribution is 2.22. The lowest BCUT2D eigenvalue weighted by Gasteiger charge is -2.06. The van der Waals surface area contributed by atoms with Crippen LogP contribution in [0.5, 0.6) is 0 Å². The second-order valence-electron chi connectivity index (χ2n) is 4.47. The lowest BCUT2D eigenvalue weighted by atomic mass is 10.2. The van der Waals surface area contributed by atoms with E-state index in [9.17, 15) is 4.79 Å². The number of allylic oxidation sites excluding steroid dienone is 1. The Morgan fingerprint density at radius 3 is 2.83 bits per heavy atom. The van der Waals surface area contributed by atoms with Crippen LogP contribution in [0, 0.1) is 0 Å². The Balaban J connectivity index is 1.76. The van der Waals surface area contributed by atoms with Crippen LogP contribution in [0.25, 0.3) is 0 Å². The zero-order valence-corrected chi connectivity index (χ0v) is 11.0. The summed E-state index contributed by atoms with van der Waals surface area (Å²) in [6, 6.07) is 7.29. The standard InChI is InChI=1S/C14H17ClN2O/c15-13-7-3-6-12(8-13)10-17-14(18)16-9-11-4-1-2-5-11/h3,6-9H,1-2,4-5,10H2,(H2,16,17,18). The number of nitrogens with one attached hydrogen (secondary N) is 2. The molecule has 2 N–H and O–H groups in total. The van der Waals surface area contributed by atoms with E-state index in [1.807, 2.05) is 30.5 Å². The van der Waals surface area contributed by atoms with Crippen LogP contribution >= 0.6 is 11.6 Å². The van der Waals surface area contributed by atoms with Crippen molar-refractivity contribution in [2.45, 2.75) is 32.2 Å². The van der Waals surface area contributed by atoms with Crippen molar-refractivity contribution >= 4 is 17.6 Å². The predicted octanol–water partition coefficient (Wildman–Crippen LogP) is 3.60. The van der Waals surface area contributed by atoms with Gasteiger partial charge in [-0.05, 0) is 43.4 Å². The van der Waals surface area contributed by atoms with E-state index in [1.165, 1.54) is 18.4 Å². The number of hydrogen-bond acceptors (Lipinski definition) is 1. The summed E-state index contributed by atoms with van der Waals surface area (Å²) in [7, 11) is 0. The van der Waals surface area contributed by atoms with E-state index in [1.54, 1.807) is 0 Å². The van der Waals surface area contributed by atoms with Gasteiger partial charge in [0.1, 0.15) is 0 Å². The molecule has 1 saturated carbocycles. The summed E-state index contributed by atoms with van der Waals surface area (Å²) in [4.78, 5) is 11.6. The normalized spacial score (nSPS) is 14.4. The van der Waals surface area contributed by atoms with E-state index in [-0.39, 0.29) is 6.03 Å². The van der Waals surface area contributed by atoms with Gasteiger partial charge >= 0.3 is 6.03 Å². The van der Waals surface area contributed by atoms with Crippen molar-refractivity contribution in [1.82, 2.24) is 10.6 Å². The quantitative estimate of drug-likeness (QED) is 0.861. The molecule has 1 aromatic carbocycles. The van der Waals surface area contributed by atoms with E-state index in [2.05, 4.69) is 10.6 Å². The third kappa shape index (κ3) is 4.08. The first-order valence-corrected chi connectivity index (χ1v) is 6.58. The maximum atomic E-state index is 11.6. The molecular weight excluding hydrogens is 248 g/mol. The minimum atomic E-state index is -0.172. The molecule has 18 heavy (non-hydrogen) atoms. The molecule has 0 aromatic heterocycles. The molecule has 0 unspecified atom stereocenters. The van der Waals surface area contributed by atoms with Gasteiger partial charge in [-0.3, -0.25) is 0 Å². The average Bonchev–Trinajstić information content (AvgIpc) is 2.87. The molecule has 96 valence electrons. The molecular formula is C14H17ClN2O. The Labute approximate surface area is 112 Å². The van der Waals surface area contributed by atoms with Gasteiger partial charge in [0.05, 0.1) is 0 Å². The fraction of sp³-hybridized carbons (Fsp3) is 0.357. The average molecular weight is 265 g/mol. The number of benzene rings is 1. The molecule has 1 fully saturated rings. The zero-order valence-electron chi connectivity index (χ0n) is 10.2. The molecule has 2 rings (SSSR count). The first-order valence-electron chi connectivity index (χ1n) is 6.21. The van der Waals surface area contributed by atoms with Crippen LogP contribution < -0.4 is 10.6 Å². The highest BCUT2D eigenvalue weighted by atomic mass is 35.5. The van der Waals surface area contributed by atoms with Crippen LogP contribution in [0.15, 0.2) is 36.0 Å². The topological polar surface area (TPSA) is 41.1 Å². The highest BCUT2D eigenvalue weighted by Gasteiger charge is 2.06. The first-order chi connectivity index (χ1) is 8.74.